The maximum atomic E-state index is 9.97. The second kappa shape index (κ2) is 4.52. The number of rotatable bonds is 1. The number of nitrogens with zero attached hydrogens (tertiary/aromatic N) is 2. The van der Waals surface area contributed by atoms with Crippen molar-refractivity contribution in [3.05, 3.63) is 45.8 Å². The van der Waals surface area contributed by atoms with Gasteiger partial charge in [0.2, 0.25) is 5.39 Å². The zero-order chi connectivity index (χ0) is 14.3. The molecular weight excluding hydrogens is 252 g/mol. The first-order valence-electron chi connectivity index (χ1n) is 7.05. The quantitative estimate of drug-likeness (QED) is 0.787. The molecule has 0 saturated carbocycles. The van der Waals surface area contributed by atoms with Gasteiger partial charge in [-0.15, -0.1) is 0 Å². The third kappa shape index (κ3) is 1.62. The van der Waals surface area contributed by atoms with Crippen LogP contribution in [0.1, 0.15) is 37.3 Å². The number of hydrogen-bond acceptors (Lipinski definition) is 3. The fraction of sp³-hybridized carbons (Fsp3) is 0.500. The summed E-state index contributed by atoms with van der Waals surface area (Å²) in [5.74, 6) is 1.24. The van der Waals surface area contributed by atoms with Gasteiger partial charge in [0.1, 0.15) is 5.75 Å². The van der Waals surface area contributed by atoms with Crippen LogP contribution in [-0.4, -0.2) is 12.2 Å². The van der Waals surface area contributed by atoms with Crippen molar-refractivity contribution in [2.24, 2.45) is 5.92 Å². The molecule has 0 saturated heterocycles. The first kappa shape index (κ1) is 13.0. The van der Waals surface area contributed by atoms with Crippen LogP contribution in [0.25, 0.3) is 4.98 Å². The Balaban J connectivity index is 2.16. The van der Waals surface area contributed by atoms with Crippen molar-refractivity contribution >= 4 is 0 Å². The Labute approximate surface area is 118 Å². The van der Waals surface area contributed by atoms with E-state index in [0.29, 0.717) is 12.1 Å². The summed E-state index contributed by atoms with van der Waals surface area (Å²) in [4.78, 5) is 3.37. The van der Waals surface area contributed by atoms with Gasteiger partial charge in [0, 0.05) is 11.8 Å². The lowest BCUT2D eigenvalue weighted by Gasteiger charge is -2.42. The number of hydrogen-bond donors (Lipinski definition) is 1. The molecular formula is C16H19N2O2+. The van der Waals surface area contributed by atoms with Crippen molar-refractivity contribution in [3.8, 4) is 5.75 Å². The zero-order valence-corrected chi connectivity index (χ0v) is 11.9. The Bertz CT molecular complexity index is 630. The SMILES string of the molecule is COc1cccc2c1CC[C@H]1C([N+]#N)=C(O)CC[C@]21C. The van der Waals surface area contributed by atoms with Gasteiger partial charge in [0.05, 0.1) is 13.0 Å². The molecule has 0 unspecified atom stereocenters. The number of allylic oxidation sites excluding steroid dienone is 2. The minimum atomic E-state index is -0.101. The molecule has 0 spiro atoms. The van der Waals surface area contributed by atoms with Gasteiger partial charge >= 0.3 is 5.70 Å². The summed E-state index contributed by atoms with van der Waals surface area (Å²) in [5, 5.41) is 19.2. The molecule has 2 aliphatic rings. The Morgan fingerprint density at radius 2 is 2.20 bits per heavy atom. The summed E-state index contributed by atoms with van der Waals surface area (Å²) < 4.78 is 5.48. The monoisotopic (exact) mass is 271 g/mol. The van der Waals surface area contributed by atoms with Crippen LogP contribution in [0.5, 0.6) is 5.75 Å². The highest BCUT2D eigenvalue weighted by Gasteiger charge is 2.52. The summed E-state index contributed by atoms with van der Waals surface area (Å²) in [6.07, 6.45) is 3.17. The van der Waals surface area contributed by atoms with Crippen LogP contribution < -0.4 is 4.74 Å². The number of ether oxygens (including phenoxy) is 1. The van der Waals surface area contributed by atoms with E-state index in [2.05, 4.69) is 18.0 Å². The fourth-order valence-corrected chi connectivity index (χ4v) is 3.93. The van der Waals surface area contributed by atoms with Gasteiger partial charge < -0.3 is 9.84 Å². The van der Waals surface area contributed by atoms with Crippen molar-refractivity contribution in [3.63, 3.8) is 0 Å². The Hall–Kier alpha value is -2.02. The third-order valence-electron chi connectivity index (χ3n) is 5.03. The minimum Gasteiger partial charge on any atom is -0.505 e. The van der Waals surface area contributed by atoms with E-state index in [1.807, 2.05) is 12.1 Å². The van der Waals surface area contributed by atoms with Crippen LogP contribution in [0.4, 0.5) is 0 Å². The van der Waals surface area contributed by atoms with E-state index in [-0.39, 0.29) is 17.1 Å². The van der Waals surface area contributed by atoms with Gasteiger partial charge in [-0.25, -0.2) is 0 Å². The number of aliphatic hydroxyl groups is 1. The van der Waals surface area contributed by atoms with Crippen molar-refractivity contribution in [2.75, 3.05) is 7.11 Å². The first-order valence-corrected chi connectivity index (χ1v) is 7.05. The molecule has 0 amide bonds. The van der Waals surface area contributed by atoms with Crippen LogP contribution in [0.15, 0.2) is 29.7 Å². The predicted molar refractivity (Wildman–Crippen MR) is 76.1 cm³/mol. The topological polar surface area (TPSA) is 57.6 Å². The molecule has 1 aromatic carbocycles. The highest BCUT2D eigenvalue weighted by molar-refractivity contribution is 5.49. The van der Waals surface area contributed by atoms with Gasteiger partial charge in [-0.05, 0) is 36.5 Å². The molecule has 2 atom stereocenters. The molecule has 4 nitrogen and oxygen atoms in total. The second-order valence-electron chi connectivity index (χ2n) is 5.93. The van der Waals surface area contributed by atoms with Crippen LogP contribution in [-0.2, 0) is 11.8 Å². The van der Waals surface area contributed by atoms with Gasteiger partial charge in [-0.3, -0.25) is 0 Å². The van der Waals surface area contributed by atoms with Crippen molar-refractivity contribution < 1.29 is 9.84 Å². The van der Waals surface area contributed by atoms with Crippen molar-refractivity contribution in [1.29, 1.82) is 5.39 Å². The maximum Gasteiger partial charge on any atom is 0.402 e. The summed E-state index contributed by atoms with van der Waals surface area (Å²) >= 11 is 0. The predicted octanol–water partition coefficient (Wildman–Crippen LogP) is 3.93. The van der Waals surface area contributed by atoms with Gasteiger partial charge in [-0.1, -0.05) is 19.1 Å². The number of fused-ring (bicyclic) bond motifs is 3. The summed E-state index contributed by atoms with van der Waals surface area (Å²) in [7, 11) is 1.70. The van der Waals surface area contributed by atoms with Crippen LogP contribution in [0.2, 0.25) is 0 Å². The Morgan fingerprint density at radius 3 is 2.90 bits per heavy atom. The van der Waals surface area contributed by atoms with Gasteiger partial charge in [-0.2, -0.15) is 0 Å². The molecule has 0 aromatic heterocycles. The fourth-order valence-electron chi connectivity index (χ4n) is 3.93. The molecule has 0 aliphatic heterocycles. The summed E-state index contributed by atoms with van der Waals surface area (Å²) in [5.41, 5.74) is 2.89. The molecule has 20 heavy (non-hydrogen) atoms. The van der Waals surface area contributed by atoms with Crippen LogP contribution in [0, 0.1) is 11.3 Å². The Morgan fingerprint density at radius 1 is 1.40 bits per heavy atom. The lowest BCUT2D eigenvalue weighted by Crippen LogP contribution is -2.40. The second-order valence-corrected chi connectivity index (χ2v) is 5.93. The van der Waals surface area contributed by atoms with E-state index >= 15 is 0 Å². The Kier molecular flexibility index (Phi) is 2.93. The molecule has 104 valence electrons. The lowest BCUT2D eigenvalue weighted by molar-refractivity contribution is 0.220. The zero-order valence-electron chi connectivity index (χ0n) is 11.9. The summed E-state index contributed by atoms with van der Waals surface area (Å²) in [6, 6.07) is 6.15. The normalized spacial score (nSPS) is 28.4. The van der Waals surface area contributed by atoms with Crippen LogP contribution >= 0.6 is 0 Å². The third-order valence-corrected chi connectivity index (χ3v) is 5.03. The van der Waals surface area contributed by atoms with E-state index in [1.54, 1.807) is 7.11 Å². The molecule has 0 fully saturated rings. The highest BCUT2D eigenvalue weighted by atomic mass is 16.5. The molecule has 3 rings (SSSR count). The number of benzene rings is 1. The van der Waals surface area contributed by atoms with E-state index in [9.17, 15) is 10.5 Å². The van der Waals surface area contributed by atoms with E-state index in [0.717, 1.165) is 25.0 Å². The van der Waals surface area contributed by atoms with E-state index < -0.39 is 0 Å². The molecule has 2 aliphatic carbocycles. The highest BCUT2D eigenvalue weighted by Crippen LogP contribution is 2.53. The first-order chi connectivity index (χ1) is 9.61. The average Bonchev–Trinajstić information content (AvgIpc) is 2.47. The largest absolute Gasteiger partial charge is 0.505 e. The average molecular weight is 271 g/mol. The molecule has 1 N–H and O–H groups in total. The van der Waals surface area contributed by atoms with Crippen molar-refractivity contribution in [2.45, 2.75) is 38.0 Å². The number of methoxy groups -OCH3 is 1. The summed E-state index contributed by atoms with van der Waals surface area (Å²) in [6.45, 7) is 2.20. The standard InChI is InChI=1S/C16H18N2O2/c1-16-9-8-13(19)15(18-17)12(16)7-6-10-11(16)4-3-5-14(10)20-2/h3-5,12H,6-9H2,1-2H3/p+1/t12-,16+/m0/s1. The van der Waals surface area contributed by atoms with E-state index in [1.165, 1.54) is 11.1 Å². The van der Waals surface area contributed by atoms with E-state index in [4.69, 9.17) is 4.74 Å². The molecule has 4 heteroatoms. The molecule has 1 aromatic rings. The van der Waals surface area contributed by atoms with Gasteiger partial charge in [0.15, 0.2) is 10.7 Å². The lowest BCUT2D eigenvalue weighted by atomic mass is 9.59. The minimum absolute atomic E-state index is 0.0702. The maximum absolute atomic E-state index is 9.97. The van der Waals surface area contributed by atoms with Gasteiger partial charge in [0.25, 0.3) is 0 Å². The number of aliphatic hydroxyl groups excluding tert-OH is 1. The number of diazo groups is 1. The molecule has 0 heterocycles. The molecule has 0 radical (unpaired) electrons. The van der Waals surface area contributed by atoms with Crippen LogP contribution in [0.3, 0.4) is 0 Å². The van der Waals surface area contributed by atoms with Crippen molar-refractivity contribution in [1.82, 2.24) is 0 Å². The smallest absolute Gasteiger partial charge is 0.402 e. The molecule has 0 bridgehead atoms.